The molecular formula is C25H33N5O3. The van der Waals surface area contributed by atoms with Gasteiger partial charge in [-0.05, 0) is 56.1 Å². The summed E-state index contributed by atoms with van der Waals surface area (Å²) in [6, 6.07) is 11.6. The SMILES string of the molecule is CCCc1cc(C(=O)N2CCC([C@]3(CCCc4ccccc4)NC(=O)NC3=O)CC2)n(C)n1. The van der Waals surface area contributed by atoms with Gasteiger partial charge in [0.2, 0.25) is 0 Å². The molecule has 176 valence electrons. The molecule has 0 unspecified atom stereocenters. The van der Waals surface area contributed by atoms with Crippen molar-refractivity contribution in [3.05, 3.63) is 53.3 Å². The molecule has 0 radical (unpaired) electrons. The number of aromatic nitrogens is 2. The number of urea groups is 1. The van der Waals surface area contributed by atoms with Crippen molar-refractivity contribution in [1.29, 1.82) is 0 Å². The number of aryl methyl sites for hydroxylation is 3. The number of imide groups is 1. The van der Waals surface area contributed by atoms with Crippen molar-refractivity contribution in [3.63, 3.8) is 0 Å². The van der Waals surface area contributed by atoms with Crippen LogP contribution >= 0.6 is 0 Å². The third-order valence-corrected chi connectivity index (χ3v) is 6.98. The maximum atomic E-state index is 13.1. The Hall–Kier alpha value is -3.16. The number of likely N-dealkylation sites (tertiary alicyclic amines) is 1. The normalized spacial score (nSPS) is 21.2. The molecule has 8 nitrogen and oxygen atoms in total. The van der Waals surface area contributed by atoms with E-state index >= 15 is 0 Å². The third-order valence-electron chi connectivity index (χ3n) is 6.98. The Bertz CT molecular complexity index is 1010. The van der Waals surface area contributed by atoms with Crippen LogP contribution in [0.25, 0.3) is 0 Å². The second-order valence-corrected chi connectivity index (χ2v) is 9.18. The fourth-order valence-electron chi connectivity index (χ4n) is 5.23. The lowest BCUT2D eigenvalue weighted by Gasteiger charge is -2.40. The Morgan fingerprint density at radius 3 is 2.52 bits per heavy atom. The molecule has 1 atom stereocenters. The van der Waals surface area contributed by atoms with Gasteiger partial charge >= 0.3 is 6.03 Å². The molecule has 0 bridgehead atoms. The summed E-state index contributed by atoms with van der Waals surface area (Å²) in [6.07, 6.45) is 5.41. The van der Waals surface area contributed by atoms with Gasteiger partial charge in [0.25, 0.3) is 11.8 Å². The summed E-state index contributed by atoms with van der Waals surface area (Å²) >= 11 is 0. The van der Waals surface area contributed by atoms with Gasteiger partial charge in [0, 0.05) is 20.1 Å². The van der Waals surface area contributed by atoms with Crippen LogP contribution in [0.2, 0.25) is 0 Å². The number of nitrogens with zero attached hydrogens (tertiary/aromatic N) is 3. The zero-order chi connectivity index (χ0) is 23.4. The topological polar surface area (TPSA) is 96.3 Å². The number of benzene rings is 1. The number of nitrogens with one attached hydrogen (secondary N) is 2. The van der Waals surface area contributed by atoms with Crippen molar-refractivity contribution >= 4 is 17.8 Å². The average molecular weight is 452 g/mol. The largest absolute Gasteiger partial charge is 0.337 e. The number of hydrogen-bond donors (Lipinski definition) is 2. The van der Waals surface area contributed by atoms with E-state index in [0.717, 1.165) is 31.4 Å². The molecule has 2 aromatic rings. The first-order chi connectivity index (χ1) is 15.9. The predicted molar refractivity (Wildman–Crippen MR) is 125 cm³/mol. The van der Waals surface area contributed by atoms with Crippen molar-refractivity contribution in [2.24, 2.45) is 13.0 Å². The first-order valence-electron chi connectivity index (χ1n) is 11.9. The summed E-state index contributed by atoms with van der Waals surface area (Å²) in [6.45, 7) is 3.21. The van der Waals surface area contributed by atoms with E-state index in [0.29, 0.717) is 38.0 Å². The van der Waals surface area contributed by atoms with E-state index in [2.05, 4.69) is 34.8 Å². The molecule has 1 aromatic heterocycles. The molecule has 33 heavy (non-hydrogen) atoms. The van der Waals surface area contributed by atoms with Crippen LogP contribution in [-0.2, 0) is 24.7 Å². The highest BCUT2D eigenvalue weighted by atomic mass is 16.2. The van der Waals surface area contributed by atoms with E-state index in [1.165, 1.54) is 5.56 Å². The summed E-state index contributed by atoms with van der Waals surface area (Å²) in [5.74, 6) is -0.268. The number of amides is 4. The van der Waals surface area contributed by atoms with Crippen molar-refractivity contribution < 1.29 is 14.4 Å². The lowest BCUT2D eigenvalue weighted by molar-refractivity contribution is -0.127. The van der Waals surface area contributed by atoms with E-state index in [-0.39, 0.29) is 17.7 Å². The monoisotopic (exact) mass is 451 g/mol. The number of piperidine rings is 1. The van der Waals surface area contributed by atoms with Crippen LogP contribution in [-0.4, -0.2) is 51.2 Å². The minimum atomic E-state index is -0.901. The Kier molecular flexibility index (Phi) is 6.81. The highest BCUT2D eigenvalue weighted by molar-refractivity contribution is 6.07. The first-order valence-corrected chi connectivity index (χ1v) is 11.9. The highest BCUT2D eigenvalue weighted by Gasteiger charge is 2.51. The Morgan fingerprint density at radius 1 is 1.15 bits per heavy atom. The second kappa shape index (κ2) is 9.77. The number of rotatable bonds is 8. The van der Waals surface area contributed by atoms with Crippen molar-refractivity contribution in [1.82, 2.24) is 25.3 Å². The van der Waals surface area contributed by atoms with E-state index in [4.69, 9.17) is 0 Å². The minimum absolute atomic E-state index is 0.00837. The minimum Gasteiger partial charge on any atom is -0.337 e. The van der Waals surface area contributed by atoms with Gasteiger partial charge < -0.3 is 10.2 Å². The summed E-state index contributed by atoms with van der Waals surface area (Å²) in [5.41, 5.74) is 1.85. The van der Waals surface area contributed by atoms with Gasteiger partial charge in [0.05, 0.1) is 5.69 Å². The molecule has 0 saturated carbocycles. The molecule has 0 spiro atoms. The molecule has 2 aliphatic rings. The molecule has 4 rings (SSSR count). The van der Waals surface area contributed by atoms with Crippen LogP contribution in [0, 0.1) is 5.92 Å². The molecule has 2 fully saturated rings. The smallest absolute Gasteiger partial charge is 0.322 e. The van der Waals surface area contributed by atoms with Crippen molar-refractivity contribution in [3.8, 4) is 0 Å². The summed E-state index contributed by atoms with van der Waals surface area (Å²) in [7, 11) is 1.80. The van der Waals surface area contributed by atoms with Crippen LogP contribution in [0.15, 0.2) is 36.4 Å². The lowest BCUT2D eigenvalue weighted by Crippen LogP contribution is -2.56. The number of carbonyl (C=O) groups is 3. The fourth-order valence-corrected chi connectivity index (χ4v) is 5.23. The standard InChI is InChI=1S/C25H33N5O3/c1-3-8-20-17-21(29(2)28-20)22(31)30-15-12-19(13-16-30)25(23(32)26-24(33)27-25)14-7-11-18-9-5-4-6-10-18/h4-6,9-10,17,19H,3,7-8,11-16H2,1-2H3,(H2,26,27,32,33)/t25-/m0/s1. The Balaban J connectivity index is 1.41. The van der Waals surface area contributed by atoms with Gasteiger partial charge in [-0.1, -0.05) is 43.7 Å². The predicted octanol–water partition coefficient (Wildman–Crippen LogP) is 2.83. The van der Waals surface area contributed by atoms with Crippen LogP contribution in [0.3, 0.4) is 0 Å². The second-order valence-electron chi connectivity index (χ2n) is 9.18. The average Bonchev–Trinajstić information content (AvgIpc) is 3.32. The van der Waals surface area contributed by atoms with Gasteiger partial charge in [-0.2, -0.15) is 5.10 Å². The van der Waals surface area contributed by atoms with Gasteiger partial charge in [0.15, 0.2) is 0 Å². The Morgan fingerprint density at radius 2 is 1.88 bits per heavy atom. The van der Waals surface area contributed by atoms with E-state index < -0.39 is 11.6 Å². The zero-order valence-electron chi connectivity index (χ0n) is 19.5. The summed E-state index contributed by atoms with van der Waals surface area (Å²) in [4.78, 5) is 39.9. The van der Waals surface area contributed by atoms with E-state index in [1.54, 1.807) is 11.7 Å². The number of hydrogen-bond acceptors (Lipinski definition) is 4. The molecule has 4 amide bonds. The summed E-state index contributed by atoms with van der Waals surface area (Å²) < 4.78 is 1.66. The third kappa shape index (κ3) is 4.79. The molecule has 2 saturated heterocycles. The zero-order valence-corrected chi connectivity index (χ0v) is 19.5. The van der Waals surface area contributed by atoms with E-state index in [1.807, 2.05) is 29.2 Å². The highest BCUT2D eigenvalue weighted by Crippen LogP contribution is 2.35. The fraction of sp³-hybridized carbons (Fsp3) is 0.520. The van der Waals surface area contributed by atoms with Crippen LogP contribution in [0.1, 0.15) is 60.8 Å². The van der Waals surface area contributed by atoms with E-state index in [9.17, 15) is 14.4 Å². The molecule has 1 aromatic carbocycles. The van der Waals surface area contributed by atoms with Crippen LogP contribution in [0.4, 0.5) is 4.79 Å². The van der Waals surface area contributed by atoms with Crippen LogP contribution < -0.4 is 10.6 Å². The van der Waals surface area contributed by atoms with Gasteiger partial charge in [-0.25, -0.2) is 4.79 Å². The van der Waals surface area contributed by atoms with Crippen LogP contribution in [0.5, 0.6) is 0 Å². The molecule has 3 heterocycles. The lowest BCUT2D eigenvalue weighted by atomic mass is 9.74. The van der Waals surface area contributed by atoms with Crippen molar-refractivity contribution in [2.75, 3.05) is 13.1 Å². The molecule has 0 aliphatic carbocycles. The first kappa shape index (κ1) is 23.0. The molecule has 8 heteroatoms. The van der Waals surface area contributed by atoms with Gasteiger partial charge in [-0.15, -0.1) is 0 Å². The van der Waals surface area contributed by atoms with Crippen molar-refractivity contribution in [2.45, 2.75) is 57.4 Å². The summed E-state index contributed by atoms with van der Waals surface area (Å²) in [5, 5.41) is 9.86. The van der Waals surface area contributed by atoms with Gasteiger partial charge in [-0.3, -0.25) is 19.6 Å². The molecular weight excluding hydrogens is 418 g/mol. The van der Waals surface area contributed by atoms with Gasteiger partial charge in [0.1, 0.15) is 11.2 Å². The molecule has 2 aliphatic heterocycles. The maximum absolute atomic E-state index is 13.1. The quantitative estimate of drug-likeness (QED) is 0.603. The maximum Gasteiger partial charge on any atom is 0.322 e. The molecule has 2 N–H and O–H groups in total. The Labute approximate surface area is 194 Å². The number of carbonyl (C=O) groups excluding carboxylic acids is 3.